The van der Waals surface area contributed by atoms with E-state index < -0.39 is 5.24 Å². The van der Waals surface area contributed by atoms with E-state index in [2.05, 4.69) is 11.8 Å². The maximum absolute atomic E-state index is 11.0. The number of ether oxygens (including phenoxy) is 1. The van der Waals surface area contributed by atoms with E-state index in [1.165, 1.54) is 19.4 Å². The smallest absolute Gasteiger partial charge is 0.252 e. The van der Waals surface area contributed by atoms with Gasteiger partial charge in [-0.05, 0) is 61.7 Å². The van der Waals surface area contributed by atoms with Gasteiger partial charge in [0.2, 0.25) is 0 Å². The highest BCUT2D eigenvalue weighted by atomic mass is 35.5. The number of piperidine rings is 1. The van der Waals surface area contributed by atoms with Gasteiger partial charge >= 0.3 is 0 Å². The molecule has 1 saturated heterocycles. The van der Waals surface area contributed by atoms with Gasteiger partial charge in [-0.1, -0.05) is 13.3 Å². The zero-order valence-corrected chi connectivity index (χ0v) is 12.7. The van der Waals surface area contributed by atoms with Crippen LogP contribution in [-0.4, -0.2) is 35.9 Å². The van der Waals surface area contributed by atoms with Crippen molar-refractivity contribution in [2.24, 2.45) is 0 Å². The van der Waals surface area contributed by atoms with Crippen LogP contribution in [0.4, 0.5) is 0 Å². The monoisotopic (exact) mass is 295 g/mol. The van der Waals surface area contributed by atoms with Crippen LogP contribution in [-0.2, 0) is 0 Å². The summed E-state index contributed by atoms with van der Waals surface area (Å²) in [5, 5.41) is -0.430. The summed E-state index contributed by atoms with van der Waals surface area (Å²) >= 11 is 5.42. The Balaban J connectivity index is 1.79. The first kappa shape index (κ1) is 15.3. The summed E-state index contributed by atoms with van der Waals surface area (Å²) in [6, 6.07) is 7.06. The standard InChI is InChI=1S/C16H22ClNO2/c1-2-3-10-18-11-8-15(9-12-18)20-14-6-4-13(5-7-14)16(17)19/h4-7,15H,2-3,8-12H2,1H3. The molecule has 0 radical (unpaired) electrons. The van der Waals surface area contributed by atoms with Crippen molar-refractivity contribution >= 4 is 16.8 Å². The fourth-order valence-corrected chi connectivity index (χ4v) is 2.62. The molecule has 0 bridgehead atoms. The van der Waals surface area contributed by atoms with Crippen molar-refractivity contribution in [1.82, 2.24) is 4.90 Å². The van der Waals surface area contributed by atoms with Crippen LogP contribution in [0.25, 0.3) is 0 Å². The number of carbonyl (C=O) groups is 1. The summed E-state index contributed by atoms with van der Waals surface area (Å²) in [5.41, 5.74) is 0.508. The van der Waals surface area contributed by atoms with Crippen molar-refractivity contribution in [1.29, 1.82) is 0 Å². The van der Waals surface area contributed by atoms with E-state index in [1.807, 2.05) is 12.1 Å². The van der Waals surface area contributed by atoms with Gasteiger partial charge < -0.3 is 9.64 Å². The second-order valence-electron chi connectivity index (χ2n) is 5.31. The number of likely N-dealkylation sites (tertiary alicyclic amines) is 1. The second-order valence-corrected chi connectivity index (χ2v) is 5.65. The third-order valence-electron chi connectivity index (χ3n) is 3.75. The molecule has 0 spiro atoms. The summed E-state index contributed by atoms with van der Waals surface area (Å²) in [7, 11) is 0. The number of unbranched alkanes of at least 4 members (excludes halogenated alkanes) is 1. The predicted octanol–water partition coefficient (Wildman–Crippen LogP) is 3.71. The molecule has 0 N–H and O–H groups in total. The largest absolute Gasteiger partial charge is 0.490 e. The Labute approximate surface area is 125 Å². The number of nitrogens with zero attached hydrogens (tertiary/aromatic N) is 1. The molecule has 1 aromatic carbocycles. The minimum absolute atomic E-state index is 0.283. The fraction of sp³-hybridized carbons (Fsp3) is 0.562. The van der Waals surface area contributed by atoms with Crippen molar-refractivity contribution in [2.45, 2.75) is 38.7 Å². The van der Waals surface area contributed by atoms with Crippen molar-refractivity contribution in [2.75, 3.05) is 19.6 Å². The van der Waals surface area contributed by atoms with E-state index in [9.17, 15) is 4.79 Å². The van der Waals surface area contributed by atoms with Gasteiger partial charge in [-0.2, -0.15) is 0 Å². The van der Waals surface area contributed by atoms with E-state index >= 15 is 0 Å². The molecule has 0 amide bonds. The van der Waals surface area contributed by atoms with Gasteiger partial charge in [0.25, 0.3) is 5.24 Å². The molecule has 2 rings (SSSR count). The highest BCUT2D eigenvalue weighted by Gasteiger charge is 2.20. The molecule has 1 aliphatic heterocycles. The molecule has 1 heterocycles. The minimum atomic E-state index is -0.430. The van der Waals surface area contributed by atoms with Crippen LogP contribution in [0.15, 0.2) is 24.3 Å². The molecule has 4 heteroatoms. The van der Waals surface area contributed by atoms with Crippen molar-refractivity contribution in [3.05, 3.63) is 29.8 Å². The maximum atomic E-state index is 11.0. The molecule has 1 aliphatic rings. The number of hydrogen-bond donors (Lipinski definition) is 0. The summed E-state index contributed by atoms with van der Waals surface area (Å²) in [6.07, 6.45) is 4.95. The van der Waals surface area contributed by atoms with Gasteiger partial charge in [-0.25, -0.2) is 0 Å². The minimum Gasteiger partial charge on any atom is -0.490 e. The van der Waals surface area contributed by atoms with Crippen molar-refractivity contribution in [3.63, 3.8) is 0 Å². The van der Waals surface area contributed by atoms with Crippen LogP contribution >= 0.6 is 11.6 Å². The van der Waals surface area contributed by atoms with Gasteiger partial charge in [0.15, 0.2) is 0 Å². The molecule has 110 valence electrons. The lowest BCUT2D eigenvalue weighted by Crippen LogP contribution is -2.38. The zero-order valence-electron chi connectivity index (χ0n) is 12.0. The number of carbonyl (C=O) groups excluding carboxylic acids is 1. The summed E-state index contributed by atoms with van der Waals surface area (Å²) < 4.78 is 5.96. The van der Waals surface area contributed by atoms with Crippen LogP contribution in [0.1, 0.15) is 43.0 Å². The van der Waals surface area contributed by atoms with Crippen LogP contribution in [0.2, 0.25) is 0 Å². The molecule has 0 saturated carbocycles. The van der Waals surface area contributed by atoms with E-state index in [1.54, 1.807) is 12.1 Å². The number of benzene rings is 1. The lowest BCUT2D eigenvalue weighted by atomic mass is 10.1. The molecular formula is C16H22ClNO2. The number of rotatable bonds is 6. The van der Waals surface area contributed by atoms with Crippen LogP contribution in [0, 0.1) is 0 Å². The normalized spacial score (nSPS) is 17.1. The first-order chi connectivity index (χ1) is 9.69. The van der Waals surface area contributed by atoms with Gasteiger partial charge in [-0.15, -0.1) is 0 Å². The Kier molecular flexibility index (Phi) is 5.86. The zero-order chi connectivity index (χ0) is 14.4. The van der Waals surface area contributed by atoms with E-state index in [-0.39, 0.29) is 6.10 Å². The topological polar surface area (TPSA) is 29.5 Å². The average molecular weight is 296 g/mol. The van der Waals surface area contributed by atoms with Gasteiger partial charge in [0.1, 0.15) is 11.9 Å². The predicted molar refractivity (Wildman–Crippen MR) is 81.6 cm³/mol. The lowest BCUT2D eigenvalue weighted by Gasteiger charge is -2.32. The fourth-order valence-electron chi connectivity index (χ4n) is 2.49. The molecule has 20 heavy (non-hydrogen) atoms. The molecule has 0 atom stereocenters. The van der Waals surface area contributed by atoms with E-state index in [0.717, 1.165) is 31.7 Å². The highest BCUT2D eigenvalue weighted by molar-refractivity contribution is 6.67. The van der Waals surface area contributed by atoms with Crippen LogP contribution in [0.3, 0.4) is 0 Å². The van der Waals surface area contributed by atoms with E-state index in [4.69, 9.17) is 16.3 Å². The summed E-state index contributed by atoms with van der Waals surface area (Å²) in [6.45, 7) is 5.66. The van der Waals surface area contributed by atoms with Gasteiger partial charge in [-0.3, -0.25) is 4.79 Å². The number of hydrogen-bond acceptors (Lipinski definition) is 3. The molecule has 1 aromatic rings. The van der Waals surface area contributed by atoms with E-state index in [0.29, 0.717) is 5.56 Å². The third-order valence-corrected chi connectivity index (χ3v) is 3.96. The summed E-state index contributed by atoms with van der Waals surface area (Å²) in [5.74, 6) is 0.818. The van der Waals surface area contributed by atoms with Gasteiger partial charge in [0, 0.05) is 18.7 Å². The first-order valence-corrected chi connectivity index (χ1v) is 7.75. The average Bonchev–Trinajstić information content (AvgIpc) is 2.47. The Morgan fingerprint density at radius 2 is 1.95 bits per heavy atom. The molecule has 1 fully saturated rings. The molecule has 0 aliphatic carbocycles. The van der Waals surface area contributed by atoms with Crippen LogP contribution < -0.4 is 4.74 Å². The molecule has 3 nitrogen and oxygen atoms in total. The molecular weight excluding hydrogens is 274 g/mol. The summed E-state index contributed by atoms with van der Waals surface area (Å²) in [4.78, 5) is 13.5. The Bertz CT molecular complexity index is 425. The SMILES string of the molecule is CCCCN1CCC(Oc2ccc(C(=O)Cl)cc2)CC1. The maximum Gasteiger partial charge on any atom is 0.252 e. The lowest BCUT2D eigenvalue weighted by molar-refractivity contribution is 0.0998. The highest BCUT2D eigenvalue weighted by Crippen LogP contribution is 2.20. The van der Waals surface area contributed by atoms with Crippen molar-refractivity contribution in [3.8, 4) is 5.75 Å². The van der Waals surface area contributed by atoms with Gasteiger partial charge in [0.05, 0.1) is 0 Å². The molecule has 0 aromatic heterocycles. The molecule has 0 unspecified atom stereocenters. The second kappa shape index (κ2) is 7.65. The quantitative estimate of drug-likeness (QED) is 0.749. The van der Waals surface area contributed by atoms with Crippen molar-refractivity contribution < 1.29 is 9.53 Å². The Morgan fingerprint density at radius 3 is 2.50 bits per heavy atom. The number of halogens is 1. The first-order valence-electron chi connectivity index (χ1n) is 7.38. The third kappa shape index (κ3) is 4.50. The van der Waals surface area contributed by atoms with Crippen LogP contribution in [0.5, 0.6) is 5.75 Å². The Hall–Kier alpha value is -1.06. The Morgan fingerprint density at radius 1 is 1.30 bits per heavy atom.